The molecular weight excluding hydrogens is 353 g/mol. The van der Waals surface area contributed by atoms with Crippen molar-refractivity contribution in [3.8, 4) is 0 Å². The SMILES string of the molecule is CCNC(=NCC(C)N1CCN(C)CC1)NCC.I. The zero-order valence-corrected chi connectivity index (χ0v) is 15.1. The number of nitrogens with one attached hydrogen (secondary N) is 2. The first kappa shape index (κ1) is 18.9. The van der Waals surface area contributed by atoms with E-state index in [9.17, 15) is 0 Å². The summed E-state index contributed by atoms with van der Waals surface area (Å²) in [6.45, 7) is 13.8. The minimum Gasteiger partial charge on any atom is -0.357 e. The van der Waals surface area contributed by atoms with Crippen LogP contribution < -0.4 is 10.6 Å². The van der Waals surface area contributed by atoms with E-state index in [0.29, 0.717) is 6.04 Å². The molecule has 6 heteroatoms. The Morgan fingerprint density at radius 1 is 1.11 bits per heavy atom. The van der Waals surface area contributed by atoms with Gasteiger partial charge in [0.05, 0.1) is 6.54 Å². The van der Waals surface area contributed by atoms with Crippen LogP contribution in [0.25, 0.3) is 0 Å². The molecule has 1 atom stereocenters. The number of halogens is 1. The Balaban J connectivity index is 0.00000324. The first-order valence-corrected chi connectivity index (χ1v) is 7.12. The molecule has 1 aliphatic rings. The van der Waals surface area contributed by atoms with Crippen LogP contribution in [0.15, 0.2) is 4.99 Å². The highest BCUT2D eigenvalue weighted by molar-refractivity contribution is 14.0. The lowest BCUT2D eigenvalue weighted by atomic mass is 10.2. The van der Waals surface area contributed by atoms with Crippen molar-refractivity contribution >= 4 is 29.9 Å². The van der Waals surface area contributed by atoms with Crippen molar-refractivity contribution in [2.75, 3.05) is 52.9 Å². The van der Waals surface area contributed by atoms with Crippen LogP contribution in [0.4, 0.5) is 0 Å². The Hall–Kier alpha value is -0.0800. The summed E-state index contributed by atoms with van der Waals surface area (Å²) in [7, 11) is 2.19. The number of nitrogens with zero attached hydrogens (tertiary/aromatic N) is 3. The Morgan fingerprint density at radius 2 is 1.63 bits per heavy atom. The minimum atomic E-state index is 0. The Labute approximate surface area is 135 Å². The molecule has 0 aromatic heterocycles. The molecule has 1 rings (SSSR count). The van der Waals surface area contributed by atoms with Gasteiger partial charge in [0.25, 0.3) is 0 Å². The van der Waals surface area contributed by atoms with E-state index in [4.69, 9.17) is 0 Å². The van der Waals surface area contributed by atoms with Gasteiger partial charge in [-0.2, -0.15) is 0 Å². The average Bonchev–Trinajstić information content (AvgIpc) is 2.37. The van der Waals surface area contributed by atoms with Crippen LogP contribution in [0.1, 0.15) is 20.8 Å². The molecule has 0 aliphatic carbocycles. The van der Waals surface area contributed by atoms with E-state index in [2.05, 4.69) is 53.2 Å². The summed E-state index contributed by atoms with van der Waals surface area (Å²) in [5, 5.41) is 6.52. The number of aliphatic imine (C=N–C) groups is 1. The maximum atomic E-state index is 4.64. The van der Waals surface area contributed by atoms with Gasteiger partial charge in [0, 0.05) is 45.3 Å². The third-order valence-electron chi connectivity index (χ3n) is 3.36. The zero-order valence-electron chi connectivity index (χ0n) is 12.8. The highest BCUT2D eigenvalue weighted by Crippen LogP contribution is 2.05. The number of guanidine groups is 1. The predicted octanol–water partition coefficient (Wildman–Crippen LogP) is 0.815. The van der Waals surface area contributed by atoms with Gasteiger partial charge in [0.2, 0.25) is 0 Å². The van der Waals surface area contributed by atoms with Gasteiger partial charge in [-0.25, -0.2) is 0 Å². The summed E-state index contributed by atoms with van der Waals surface area (Å²) in [5.41, 5.74) is 0. The number of hydrogen-bond donors (Lipinski definition) is 2. The molecule has 19 heavy (non-hydrogen) atoms. The summed E-state index contributed by atoms with van der Waals surface area (Å²) in [5.74, 6) is 0.931. The molecular formula is C13H30IN5. The molecule has 0 spiro atoms. The number of rotatable bonds is 5. The Bertz CT molecular complexity index is 243. The van der Waals surface area contributed by atoms with Gasteiger partial charge in [-0.05, 0) is 27.8 Å². The van der Waals surface area contributed by atoms with Gasteiger partial charge >= 0.3 is 0 Å². The van der Waals surface area contributed by atoms with Crippen LogP contribution in [0.2, 0.25) is 0 Å². The molecule has 1 fully saturated rings. The molecule has 2 N–H and O–H groups in total. The summed E-state index contributed by atoms with van der Waals surface area (Å²) in [6, 6.07) is 0.519. The van der Waals surface area contributed by atoms with Crippen molar-refractivity contribution in [1.29, 1.82) is 0 Å². The molecule has 5 nitrogen and oxygen atoms in total. The summed E-state index contributed by atoms with van der Waals surface area (Å²) >= 11 is 0. The van der Waals surface area contributed by atoms with Crippen molar-refractivity contribution < 1.29 is 0 Å². The van der Waals surface area contributed by atoms with Gasteiger partial charge in [-0.3, -0.25) is 9.89 Å². The summed E-state index contributed by atoms with van der Waals surface area (Å²) in [4.78, 5) is 9.55. The first-order chi connectivity index (χ1) is 8.67. The largest absolute Gasteiger partial charge is 0.357 e. The van der Waals surface area contributed by atoms with Crippen molar-refractivity contribution in [2.45, 2.75) is 26.8 Å². The van der Waals surface area contributed by atoms with Crippen molar-refractivity contribution in [3.63, 3.8) is 0 Å². The van der Waals surface area contributed by atoms with E-state index in [1.54, 1.807) is 0 Å². The molecule has 0 aromatic rings. The van der Waals surface area contributed by atoms with Crippen LogP contribution >= 0.6 is 24.0 Å². The van der Waals surface area contributed by atoms with E-state index < -0.39 is 0 Å². The average molecular weight is 383 g/mol. The van der Waals surface area contributed by atoms with E-state index in [1.807, 2.05) is 0 Å². The van der Waals surface area contributed by atoms with Crippen LogP contribution in [-0.2, 0) is 0 Å². The lowest BCUT2D eigenvalue weighted by Gasteiger charge is -2.35. The molecule has 1 aliphatic heterocycles. The fourth-order valence-electron chi connectivity index (χ4n) is 2.11. The van der Waals surface area contributed by atoms with Gasteiger partial charge < -0.3 is 15.5 Å². The monoisotopic (exact) mass is 383 g/mol. The van der Waals surface area contributed by atoms with Crippen molar-refractivity contribution in [3.05, 3.63) is 0 Å². The van der Waals surface area contributed by atoms with Crippen LogP contribution in [0.5, 0.6) is 0 Å². The second-order valence-corrected chi connectivity index (χ2v) is 4.94. The maximum Gasteiger partial charge on any atom is 0.191 e. The second kappa shape index (κ2) is 10.7. The smallest absolute Gasteiger partial charge is 0.191 e. The second-order valence-electron chi connectivity index (χ2n) is 4.94. The van der Waals surface area contributed by atoms with Crippen LogP contribution in [0.3, 0.4) is 0 Å². The highest BCUT2D eigenvalue weighted by Gasteiger charge is 2.18. The predicted molar refractivity (Wildman–Crippen MR) is 93.6 cm³/mol. The Morgan fingerprint density at radius 3 is 2.11 bits per heavy atom. The van der Waals surface area contributed by atoms with E-state index in [-0.39, 0.29) is 24.0 Å². The molecule has 0 radical (unpaired) electrons. The van der Waals surface area contributed by atoms with Gasteiger partial charge in [0.15, 0.2) is 5.96 Å². The molecule has 0 aromatic carbocycles. The minimum absolute atomic E-state index is 0. The fraction of sp³-hybridized carbons (Fsp3) is 0.923. The van der Waals surface area contributed by atoms with Crippen molar-refractivity contribution in [2.24, 2.45) is 4.99 Å². The molecule has 114 valence electrons. The zero-order chi connectivity index (χ0) is 13.4. The van der Waals surface area contributed by atoms with E-state index >= 15 is 0 Å². The van der Waals surface area contributed by atoms with Crippen LogP contribution in [-0.4, -0.2) is 74.7 Å². The van der Waals surface area contributed by atoms with Crippen LogP contribution in [0, 0.1) is 0 Å². The van der Waals surface area contributed by atoms with Gasteiger partial charge in [-0.15, -0.1) is 24.0 Å². The topological polar surface area (TPSA) is 42.9 Å². The molecule has 0 amide bonds. The summed E-state index contributed by atoms with van der Waals surface area (Å²) in [6.07, 6.45) is 0. The van der Waals surface area contributed by atoms with E-state index in [1.165, 1.54) is 13.1 Å². The molecule has 0 saturated carbocycles. The lowest BCUT2D eigenvalue weighted by Crippen LogP contribution is -2.49. The molecule has 1 unspecified atom stereocenters. The quantitative estimate of drug-likeness (QED) is 0.419. The molecule has 0 bridgehead atoms. The van der Waals surface area contributed by atoms with Crippen molar-refractivity contribution in [1.82, 2.24) is 20.4 Å². The van der Waals surface area contributed by atoms with Gasteiger partial charge in [-0.1, -0.05) is 0 Å². The third kappa shape index (κ3) is 7.31. The lowest BCUT2D eigenvalue weighted by molar-refractivity contribution is 0.122. The molecule has 1 saturated heterocycles. The first-order valence-electron chi connectivity index (χ1n) is 7.12. The maximum absolute atomic E-state index is 4.64. The third-order valence-corrected chi connectivity index (χ3v) is 3.36. The normalized spacial score (nSPS) is 18.3. The number of hydrogen-bond acceptors (Lipinski definition) is 3. The Kier molecular flexibility index (Phi) is 10.6. The fourth-order valence-corrected chi connectivity index (χ4v) is 2.11. The molecule has 1 heterocycles. The highest BCUT2D eigenvalue weighted by atomic mass is 127. The summed E-state index contributed by atoms with van der Waals surface area (Å²) < 4.78 is 0. The number of piperazine rings is 1. The number of likely N-dealkylation sites (N-methyl/N-ethyl adjacent to an activating group) is 1. The van der Waals surface area contributed by atoms with Gasteiger partial charge in [0.1, 0.15) is 0 Å². The standard InChI is InChI=1S/C13H29N5.HI/c1-5-14-13(15-6-2)16-11-12(3)18-9-7-17(4)8-10-18;/h12H,5-11H2,1-4H3,(H2,14,15,16);1H. The van der Waals surface area contributed by atoms with E-state index in [0.717, 1.165) is 38.7 Å².